The van der Waals surface area contributed by atoms with Crippen LogP contribution in [0, 0.1) is 0 Å². The second kappa shape index (κ2) is 5.85. The van der Waals surface area contributed by atoms with E-state index in [9.17, 15) is 22.8 Å². The number of nitrogens with one attached hydrogen (secondary N) is 2. The molecular weight excluding hydrogens is 241 g/mol. The van der Waals surface area contributed by atoms with Gasteiger partial charge in [-0.1, -0.05) is 0 Å². The topological polar surface area (TPSA) is 67.4 Å². The molecular formula is C9H13F3N2O3. The Bertz CT molecular complexity index is 288. The summed E-state index contributed by atoms with van der Waals surface area (Å²) in [7, 11) is 0. The van der Waals surface area contributed by atoms with Gasteiger partial charge in [0.15, 0.2) is 0 Å². The molecule has 0 aromatic rings. The molecule has 5 nitrogen and oxygen atoms in total. The van der Waals surface area contributed by atoms with Gasteiger partial charge in [-0.05, 0) is 12.8 Å². The number of alkyl halides is 3. The number of carbonyl (C=O) groups excluding carboxylic acids is 2. The van der Waals surface area contributed by atoms with E-state index in [1.165, 1.54) is 0 Å². The molecule has 0 saturated carbocycles. The molecule has 0 radical (unpaired) electrons. The monoisotopic (exact) mass is 254 g/mol. The predicted molar refractivity (Wildman–Crippen MR) is 51.0 cm³/mol. The van der Waals surface area contributed by atoms with E-state index in [1.54, 1.807) is 5.32 Å². The van der Waals surface area contributed by atoms with Crippen LogP contribution in [-0.4, -0.2) is 43.8 Å². The summed E-state index contributed by atoms with van der Waals surface area (Å²) in [6.45, 7) is 0.195. The minimum atomic E-state index is -4.89. The van der Waals surface area contributed by atoms with E-state index in [-0.39, 0.29) is 19.0 Å². The third-order valence-corrected chi connectivity index (χ3v) is 2.19. The lowest BCUT2D eigenvalue weighted by molar-refractivity contribution is -0.173. The number of halogens is 3. The quantitative estimate of drug-likeness (QED) is 0.692. The molecule has 0 spiro atoms. The van der Waals surface area contributed by atoms with E-state index >= 15 is 0 Å². The van der Waals surface area contributed by atoms with Gasteiger partial charge in [-0.3, -0.25) is 9.59 Å². The largest absolute Gasteiger partial charge is 0.471 e. The van der Waals surface area contributed by atoms with Gasteiger partial charge in [0.25, 0.3) is 0 Å². The lowest BCUT2D eigenvalue weighted by Gasteiger charge is -2.11. The smallest absolute Gasteiger partial charge is 0.368 e. The van der Waals surface area contributed by atoms with E-state index in [0.29, 0.717) is 13.0 Å². The lowest BCUT2D eigenvalue weighted by Crippen LogP contribution is -2.43. The molecule has 17 heavy (non-hydrogen) atoms. The summed E-state index contributed by atoms with van der Waals surface area (Å²) in [5, 5.41) is 4.03. The van der Waals surface area contributed by atoms with Gasteiger partial charge in [-0.2, -0.15) is 13.2 Å². The fourth-order valence-electron chi connectivity index (χ4n) is 1.36. The Morgan fingerprint density at radius 1 is 1.24 bits per heavy atom. The Hall–Kier alpha value is -1.31. The van der Waals surface area contributed by atoms with E-state index in [4.69, 9.17) is 4.74 Å². The molecule has 2 amide bonds. The minimum absolute atomic E-state index is 0.0550. The van der Waals surface area contributed by atoms with Crippen molar-refractivity contribution in [1.82, 2.24) is 10.6 Å². The van der Waals surface area contributed by atoms with Crippen molar-refractivity contribution in [1.29, 1.82) is 0 Å². The number of hydrogen-bond acceptors (Lipinski definition) is 3. The number of ether oxygens (including phenoxy) is 1. The normalized spacial score (nSPS) is 20.1. The van der Waals surface area contributed by atoms with Crippen LogP contribution >= 0.6 is 0 Å². The second-order valence-corrected chi connectivity index (χ2v) is 3.55. The third-order valence-electron chi connectivity index (χ3n) is 2.19. The molecule has 1 saturated heterocycles. The van der Waals surface area contributed by atoms with Crippen LogP contribution in [0.4, 0.5) is 13.2 Å². The Labute approximate surface area is 95.7 Å². The Kier molecular flexibility index (Phi) is 4.73. The molecule has 1 heterocycles. The molecule has 0 aromatic carbocycles. The summed E-state index contributed by atoms with van der Waals surface area (Å²) in [5.41, 5.74) is 0. The van der Waals surface area contributed by atoms with Crippen molar-refractivity contribution in [3.63, 3.8) is 0 Å². The average molecular weight is 254 g/mol. The summed E-state index contributed by atoms with van der Waals surface area (Å²) >= 11 is 0. The first-order chi connectivity index (χ1) is 7.91. The van der Waals surface area contributed by atoms with Gasteiger partial charge in [-0.15, -0.1) is 0 Å². The molecule has 98 valence electrons. The predicted octanol–water partition coefficient (Wildman–Crippen LogP) is -0.0399. The number of amides is 2. The van der Waals surface area contributed by atoms with Crippen molar-refractivity contribution >= 4 is 11.8 Å². The highest BCUT2D eigenvalue weighted by Gasteiger charge is 2.38. The van der Waals surface area contributed by atoms with E-state index in [0.717, 1.165) is 6.42 Å². The van der Waals surface area contributed by atoms with Crippen molar-refractivity contribution in [3.8, 4) is 0 Å². The van der Waals surface area contributed by atoms with Gasteiger partial charge >= 0.3 is 12.1 Å². The third kappa shape index (κ3) is 4.59. The van der Waals surface area contributed by atoms with Crippen molar-refractivity contribution in [2.75, 3.05) is 19.7 Å². The maximum Gasteiger partial charge on any atom is 0.471 e. The Balaban J connectivity index is 2.11. The Morgan fingerprint density at radius 2 is 1.88 bits per heavy atom. The summed E-state index contributed by atoms with van der Waals surface area (Å²) in [6.07, 6.45) is -4.00. The van der Waals surface area contributed by atoms with Crippen LogP contribution in [0.5, 0.6) is 0 Å². The molecule has 1 aliphatic heterocycles. The van der Waals surface area contributed by atoms with Crippen molar-refractivity contribution < 1.29 is 27.5 Å². The number of carbonyl (C=O) groups is 2. The van der Waals surface area contributed by atoms with Gasteiger partial charge < -0.3 is 15.4 Å². The standard InChI is InChI=1S/C9H13F3N2O3/c10-9(11,12)8(16)14-4-3-13-7(15)6-2-1-5-17-6/h6H,1-5H2,(H,13,15)(H,14,16). The summed E-state index contributed by atoms with van der Waals surface area (Å²) in [5.74, 6) is -2.37. The molecule has 1 unspecified atom stereocenters. The SMILES string of the molecule is O=C(NCCNC(=O)C(F)(F)F)C1CCCO1. The highest BCUT2D eigenvalue weighted by molar-refractivity contribution is 5.82. The number of rotatable bonds is 4. The maximum atomic E-state index is 11.8. The molecule has 1 aliphatic rings. The number of hydrogen-bond donors (Lipinski definition) is 2. The zero-order valence-corrected chi connectivity index (χ0v) is 8.97. The average Bonchev–Trinajstić information content (AvgIpc) is 2.75. The zero-order valence-electron chi connectivity index (χ0n) is 8.97. The summed E-state index contributed by atoms with van der Waals surface area (Å²) in [6, 6.07) is 0. The summed E-state index contributed by atoms with van der Waals surface area (Å²) < 4.78 is 40.4. The molecule has 2 N–H and O–H groups in total. The second-order valence-electron chi connectivity index (χ2n) is 3.55. The van der Waals surface area contributed by atoms with Crippen LogP contribution in [0.1, 0.15) is 12.8 Å². The molecule has 0 aromatic heterocycles. The first-order valence-electron chi connectivity index (χ1n) is 5.15. The molecule has 1 rings (SSSR count). The molecule has 1 fully saturated rings. The zero-order chi connectivity index (χ0) is 12.9. The molecule has 8 heteroatoms. The van der Waals surface area contributed by atoms with E-state index < -0.39 is 18.2 Å². The van der Waals surface area contributed by atoms with Crippen molar-refractivity contribution in [3.05, 3.63) is 0 Å². The lowest BCUT2D eigenvalue weighted by atomic mass is 10.2. The van der Waals surface area contributed by atoms with Crippen molar-refractivity contribution in [2.45, 2.75) is 25.1 Å². The van der Waals surface area contributed by atoms with Gasteiger partial charge in [0.05, 0.1) is 0 Å². The highest BCUT2D eigenvalue weighted by Crippen LogP contribution is 2.13. The van der Waals surface area contributed by atoms with Crippen LogP contribution in [0.25, 0.3) is 0 Å². The van der Waals surface area contributed by atoms with Gasteiger partial charge in [0.2, 0.25) is 5.91 Å². The first-order valence-corrected chi connectivity index (χ1v) is 5.15. The minimum Gasteiger partial charge on any atom is -0.368 e. The van der Waals surface area contributed by atoms with Gasteiger partial charge in [-0.25, -0.2) is 0 Å². The van der Waals surface area contributed by atoms with Crippen LogP contribution in [-0.2, 0) is 14.3 Å². The van der Waals surface area contributed by atoms with E-state index in [1.807, 2.05) is 0 Å². The summed E-state index contributed by atoms with van der Waals surface area (Å²) in [4.78, 5) is 21.7. The van der Waals surface area contributed by atoms with Crippen LogP contribution in [0.2, 0.25) is 0 Å². The van der Waals surface area contributed by atoms with Crippen LogP contribution in [0.15, 0.2) is 0 Å². The molecule has 1 atom stereocenters. The maximum absolute atomic E-state index is 11.8. The molecule has 0 bridgehead atoms. The fraction of sp³-hybridized carbons (Fsp3) is 0.778. The van der Waals surface area contributed by atoms with Gasteiger partial charge in [0, 0.05) is 19.7 Å². The first kappa shape index (κ1) is 13.8. The van der Waals surface area contributed by atoms with Crippen LogP contribution in [0.3, 0.4) is 0 Å². The van der Waals surface area contributed by atoms with E-state index in [2.05, 4.69) is 5.32 Å². The van der Waals surface area contributed by atoms with Crippen LogP contribution < -0.4 is 10.6 Å². The fourth-order valence-corrected chi connectivity index (χ4v) is 1.36. The highest BCUT2D eigenvalue weighted by atomic mass is 19.4. The van der Waals surface area contributed by atoms with Gasteiger partial charge in [0.1, 0.15) is 6.10 Å². The van der Waals surface area contributed by atoms with Crippen molar-refractivity contribution in [2.24, 2.45) is 0 Å². The molecule has 0 aliphatic carbocycles. The Morgan fingerprint density at radius 3 is 2.41 bits per heavy atom.